The lowest BCUT2D eigenvalue weighted by molar-refractivity contribution is -0.133. The number of carbonyl (C=O) groups excluding carboxylic acids is 2. The molecule has 2 aromatic rings. The molecule has 1 aliphatic carbocycles. The van der Waals surface area contributed by atoms with Crippen molar-refractivity contribution < 1.29 is 19.1 Å². The number of amides is 2. The van der Waals surface area contributed by atoms with Crippen molar-refractivity contribution in [3.63, 3.8) is 0 Å². The van der Waals surface area contributed by atoms with E-state index < -0.39 is 5.54 Å². The monoisotopic (exact) mass is 442 g/mol. The Morgan fingerprint density at radius 3 is 2.47 bits per heavy atom. The topological polar surface area (TPSA) is 76.0 Å². The molecule has 174 valence electrons. The molecule has 1 aliphatic heterocycles. The number of ether oxygens (including phenoxy) is 2. The van der Waals surface area contributed by atoms with Crippen LogP contribution in [0.4, 0.5) is 0 Å². The van der Waals surface area contributed by atoms with Gasteiger partial charge in [0.1, 0.15) is 22.7 Å². The van der Waals surface area contributed by atoms with Crippen LogP contribution in [-0.2, 0) is 11.3 Å². The smallest absolute Gasteiger partial charge is 0.271 e. The van der Waals surface area contributed by atoms with E-state index in [0.717, 1.165) is 36.6 Å². The molecular formula is C24H34N4O4. The molecule has 2 amide bonds. The van der Waals surface area contributed by atoms with Gasteiger partial charge >= 0.3 is 0 Å². The summed E-state index contributed by atoms with van der Waals surface area (Å²) in [7, 11) is 7.16. The maximum absolute atomic E-state index is 13.8. The molecule has 1 aromatic heterocycles. The van der Waals surface area contributed by atoms with Crippen molar-refractivity contribution in [1.29, 1.82) is 0 Å². The van der Waals surface area contributed by atoms with Crippen molar-refractivity contribution in [3.8, 4) is 11.5 Å². The lowest BCUT2D eigenvalue weighted by Crippen LogP contribution is -2.65. The first-order valence-corrected chi connectivity index (χ1v) is 11.3. The fourth-order valence-corrected chi connectivity index (χ4v) is 5.02. The summed E-state index contributed by atoms with van der Waals surface area (Å²) in [6, 6.07) is 5.72. The molecule has 0 spiro atoms. The second-order valence-electron chi connectivity index (χ2n) is 9.34. The Balaban J connectivity index is 1.82. The van der Waals surface area contributed by atoms with Crippen LogP contribution >= 0.6 is 0 Å². The van der Waals surface area contributed by atoms with E-state index in [4.69, 9.17) is 9.47 Å². The number of likely N-dealkylation sites (N-methyl/N-ethyl adjacent to an activating group) is 1. The molecule has 1 aromatic carbocycles. The van der Waals surface area contributed by atoms with Crippen molar-refractivity contribution >= 4 is 22.7 Å². The Morgan fingerprint density at radius 1 is 1.19 bits per heavy atom. The van der Waals surface area contributed by atoms with E-state index in [1.54, 1.807) is 19.1 Å². The number of fused-ring (bicyclic) bond motifs is 3. The maximum Gasteiger partial charge on any atom is 0.271 e. The molecule has 32 heavy (non-hydrogen) atoms. The van der Waals surface area contributed by atoms with E-state index in [1.807, 2.05) is 48.7 Å². The van der Waals surface area contributed by atoms with Crippen LogP contribution < -0.4 is 14.8 Å². The number of hydrogen-bond donors (Lipinski definition) is 1. The quantitative estimate of drug-likeness (QED) is 0.713. The van der Waals surface area contributed by atoms with Gasteiger partial charge in [0.15, 0.2) is 0 Å². The minimum Gasteiger partial charge on any atom is -0.496 e. The number of rotatable bonds is 7. The van der Waals surface area contributed by atoms with Crippen molar-refractivity contribution in [1.82, 2.24) is 19.7 Å². The lowest BCUT2D eigenvalue weighted by Gasteiger charge is -2.45. The Hall–Kier alpha value is -2.74. The summed E-state index contributed by atoms with van der Waals surface area (Å²) in [5.41, 5.74) is 0.318. The molecule has 0 bridgehead atoms. The SMILES string of the molecule is COc1ccc(OC)c2c1cc1n2C[C@@](C)(C(=O)NC2CCCC2)N(CCN(C)C)C1=O. The Bertz CT molecular complexity index is 1020. The molecule has 1 N–H and O–H groups in total. The highest BCUT2D eigenvalue weighted by atomic mass is 16.5. The third-order valence-electron chi connectivity index (χ3n) is 6.90. The van der Waals surface area contributed by atoms with Crippen LogP contribution in [-0.4, -0.2) is 79.2 Å². The summed E-state index contributed by atoms with van der Waals surface area (Å²) >= 11 is 0. The van der Waals surface area contributed by atoms with E-state index in [-0.39, 0.29) is 17.9 Å². The average molecular weight is 443 g/mol. The van der Waals surface area contributed by atoms with Crippen LogP contribution in [0.3, 0.4) is 0 Å². The summed E-state index contributed by atoms with van der Waals surface area (Å²) in [5.74, 6) is 1.08. The minimum atomic E-state index is -1.01. The highest BCUT2D eigenvalue weighted by Crippen LogP contribution is 2.40. The second-order valence-corrected chi connectivity index (χ2v) is 9.34. The first-order valence-electron chi connectivity index (χ1n) is 11.3. The van der Waals surface area contributed by atoms with Gasteiger partial charge in [0, 0.05) is 24.5 Å². The molecule has 8 nitrogen and oxygen atoms in total. The van der Waals surface area contributed by atoms with Gasteiger partial charge in [0.05, 0.1) is 26.3 Å². The van der Waals surface area contributed by atoms with E-state index in [9.17, 15) is 9.59 Å². The zero-order chi connectivity index (χ0) is 23.0. The van der Waals surface area contributed by atoms with Crippen LogP contribution in [0.5, 0.6) is 11.5 Å². The summed E-state index contributed by atoms with van der Waals surface area (Å²) in [4.78, 5) is 31.2. The predicted octanol–water partition coefficient (Wildman–Crippen LogP) is 2.49. The van der Waals surface area contributed by atoms with Crippen LogP contribution in [0.15, 0.2) is 18.2 Å². The summed E-state index contributed by atoms with van der Waals surface area (Å²) in [6.45, 7) is 3.38. The number of aromatic nitrogens is 1. The minimum absolute atomic E-state index is 0.0918. The molecule has 0 radical (unpaired) electrons. The standard InChI is InChI=1S/C24H34N4O4/c1-24(23(30)25-16-8-6-7-9-16)15-27-18(22(29)28(24)13-12-26(2)3)14-17-19(31-4)10-11-20(32-5)21(17)27/h10-11,14,16H,6-9,12-13,15H2,1-5H3,(H,25,30)/t24-/m0/s1. The number of hydrogen-bond acceptors (Lipinski definition) is 5. The van der Waals surface area contributed by atoms with Crippen LogP contribution in [0.2, 0.25) is 0 Å². The highest BCUT2D eigenvalue weighted by Gasteiger charge is 2.48. The molecule has 4 rings (SSSR count). The van der Waals surface area contributed by atoms with E-state index >= 15 is 0 Å². The zero-order valence-corrected chi connectivity index (χ0v) is 19.7. The Morgan fingerprint density at radius 2 is 1.84 bits per heavy atom. The number of methoxy groups -OCH3 is 2. The molecule has 0 saturated heterocycles. The largest absolute Gasteiger partial charge is 0.496 e. The first kappa shape index (κ1) is 22.5. The Labute approximate surface area is 189 Å². The van der Waals surface area contributed by atoms with Crippen LogP contribution in [0, 0.1) is 0 Å². The van der Waals surface area contributed by atoms with Crippen LogP contribution in [0.25, 0.3) is 10.9 Å². The van der Waals surface area contributed by atoms with Crippen molar-refractivity contribution in [2.24, 2.45) is 0 Å². The van der Waals surface area contributed by atoms with Crippen molar-refractivity contribution in [2.75, 3.05) is 41.4 Å². The number of nitrogens with one attached hydrogen (secondary N) is 1. The van der Waals surface area contributed by atoms with Crippen molar-refractivity contribution in [3.05, 3.63) is 23.9 Å². The number of carbonyl (C=O) groups is 2. The first-order chi connectivity index (χ1) is 15.3. The van der Waals surface area contributed by atoms with Crippen molar-refractivity contribution in [2.45, 2.75) is 50.7 Å². The van der Waals surface area contributed by atoms with Gasteiger partial charge < -0.3 is 29.2 Å². The van der Waals surface area contributed by atoms with Gasteiger partial charge in [0.25, 0.3) is 5.91 Å². The molecule has 0 unspecified atom stereocenters. The van der Waals surface area contributed by atoms with Gasteiger partial charge in [-0.3, -0.25) is 9.59 Å². The van der Waals surface area contributed by atoms with E-state index in [1.165, 1.54) is 0 Å². The van der Waals surface area contributed by atoms with E-state index in [2.05, 4.69) is 5.32 Å². The lowest BCUT2D eigenvalue weighted by atomic mass is 9.94. The van der Waals surface area contributed by atoms with Gasteiger partial charge in [0.2, 0.25) is 5.91 Å². The Kier molecular flexibility index (Phi) is 6.07. The second kappa shape index (κ2) is 8.65. The van der Waals surface area contributed by atoms with Crippen LogP contribution in [0.1, 0.15) is 43.1 Å². The zero-order valence-electron chi connectivity index (χ0n) is 19.7. The molecular weight excluding hydrogens is 408 g/mol. The normalized spacial score (nSPS) is 21.3. The highest BCUT2D eigenvalue weighted by molar-refractivity contribution is 6.05. The van der Waals surface area contributed by atoms with Gasteiger partial charge in [-0.05, 0) is 52.1 Å². The van der Waals surface area contributed by atoms with Gasteiger partial charge in [-0.25, -0.2) is 0 Å². The van der Waals surface area contributed by atoms with Gasteiger partial charge in [-0.15, -0.1) is 0 Å². The molecule has 1 atom stereocenters. The fourth-order valence-electron chi connectivity index (χ4n) is 5.02. The molecule has 8 heteroatoms. The summed E-state index contributed by atoms with van der Waals surface area (Å²) in [6.07, 6.45) is 4.26. The number of nitrogens with zero attached hydrogens (tertiary/aromatic N) is 3. The summed E-state index contributed by atoms with van der Waals surface area (Å²) < 4.78 is 13.1. The molecule has 2 heterocycles. The third-order valence-corrected chi connectivity index (χ3v) is 6.90. The molecule has 1 saturated carbocycles. The van der Waals surface area contributed by atoms with E-state index in [0.29, 0.717) is 36.8 Å². The maximum atomic E-state index is 13.8. The predicted molar refractivity (Wildman–Crippen MR) is 123 cm³/mol. The fraction of sp³-hybridized carbons (Fsp3) is 0.583. The number of benzene rings is 1. The molecule has 1 fully saturated rings. The third kappa shape index (κ3) is 3.70. The van der Waals surface area contributed by atoms with Gasteiger partial charge in [-0.2, -0.15) is 0 Å². The van der Waals surface area contributed by atoms with Gasteiger partial charge in [-0.1, -0.05) is 12.8 Å². The average Bonchev–Trinajstić information content (AvgIpc) is 3.41. The summed E-state index contributed by atoms with van der Waals surface area (Å²) in [5, 5.41) is 4.04. The molecule has 2 aliphatic rings.